The van der Waals surface area contributed by atoms with Gasteiger partial charge in [-0.25, -0.2) is 0 Å². The van der Waals surface area contributed by atoms with Gasteiger partial charge in [-0.2, -0.15) is 0 Å². The molecule has 4 rings (SSSR count). The van der Waals surface area contributed by atoms with E-state index in [4.69, 9.17) is 5.73 Å². The molecule has 2 aromatic rings. The van der Waals surface area contributed by atoms with Crippen LogP contribution in [0.5, 0.6) is 0 Å². The molecule has 2 saturated carbocycles. The third kappa shape index (κ3) is 1.64. The average Bonchev–Trinajstić information content (AvgIpc) is 3.04. The van der Waals surface area contributed by atoms with Crippen LogP contribution in [0.4, 0.5) is 0 Å². The molecular formula is C16H18N2. The Kier molecular flexibility index (Phi) is 2.21. The first-order chi connectivity index (χ1) is 8.81. The van der Waals surface area contributed by atoms with Gasteiger partial charge in [0.05, 0.1) is 5.52 Å². The lowest BCUT2D eigenvalue weighted by Crippen LogP contribution is -2.20. The predicted octanol–water partition coefficient (Wildman–Crippen LogP) is 3.28. The molecule has 1 heterocycles. The summed E-state index contributed by atoms with van der Waals surface area (Å²) < 4.78 is 0. The summed E-state index contributed by atoms with van der Waals surface area (Å²) in [4.78, 5) is 4.42. The molecule has 0 spiro atoms. The minimum atomic E-state index is 0.198. The van der Waals surface area contributed by atoms with Gasteiger partial charge >= 0.3 is 0 Å². The van der Waals surface area contributed by atoms with Crippen LogP contribution in [0, 0.1) is 17.8 Å². The van der Waals surface area contributed by atoms with Crippen molar-refractivity contribution in [2.45, 2.75) is 25.3 Å². The van der Waals surface area contributed by atoms with Gasteiger partial charge in [0.25, 0.3) is 0 Å². The van der Waals surface area contributed by atoms with Gasteiger partial charge in [-0.1, -0.05) is 18.2 Å². The van der Waals surface area contributed by atoms with E-state index in [-0.39, 0.29) is 6.04 Å². The number of benzene rings is 1. The van der Waals surface area contributed by atoms with Gasteiger partial charge < -0.3 is 5.73 Å². The lowest BCUT2D eigenvalue weighted by atomic mass is 9.89. The van der Waals surface area contributed by atoms with Crippen LogP contribution < -0.4 is 5.73 Å². The van der Waals surface area contributed by atoms with Gasteiger partial charge in [0.2, 0.25) is 0 Å². The molecule has 2 fully saturated rings. The van der Waals surface area contributed by atoms with E-state index in [0.717, 1.165) is 17.4 Å². The first-order valence-electron chi connectivity index (χ1n) is 6.91. The first-order valence-corrected chi connectivity index (χ1v) is 6.91. The summed E-state index contributed by atoms with van der Waals surface area (Å²) in [6.07, 6.45) is 5.99. The van der Waals surface area contributed by atoms with Crippen LogP contribution in [0.25, 0.3) is 10.9 Å². The normalized spacial score (nSPS) is 31.3. The molecule has 92 valence electrons. The largest absolute Gasteiger partial charge is 0.324 e. The maximum Gasteiger partial charge on any atom is 0.0705 e. The van der Waals surface area contributed by atoms with Crippen LogP contribution in [-0.4, -0.2) is 4.98 Å². The number of pyridine rings is 1. The fourth-order valence-electron chi connectivity index (χ4n) is 3.62. The number of nitrogens with two attached hydrogens (primary N) is 1. The highest BCUT2D eigenvalue weighted by Crippen LogP contribution is 2.56. The lowest BCUT2D eigenvalue weighted by Gasteiger charge is -2.21. The van der Waals surface area contributed by atoms with Gasteiger partial charge in [-0.3, -0.25) is 4.98 Å². The molecule has 0 bridgehead atoms. The number of aromatic nitrogens is 1. The van der Waals surface area contributed by atoms with E-state index >= 15 is 0 Å². The number of fused-ring (bicyclic) bond motifs is 2. The second-order valence-electron chi connectivity index (χ2n) is 5.97. The van der Waals surface area contributed by atoms with Crippen molar-refractivity contribution >= 4 is 10.9 Å². The molecule has 3 unspecified atom stereocenters. The van der Waals surface area contributed by atoms with Gasteiger partial charge in [-0.05, 0) is 54.7 Å². The molecule has 1 aromatic carbocycles. The Balaban J connectivity index is 1.65. The Hall–Kier alpha value is -1.41. The first kappa shape index (κ1) is 10.5. The molecule has 2 nitrogen and oxygen atoms in total. The second kappa shape index (κ2) is 3.79. The van der Waals surface area contributed by atoms with Crippen LogP contribution in [0.3, 0.4) is 0 Å². The van der Waals surface area contributed by atoms with E-state index in [9.17, 15) is 0 Å². The summed E-state index contributed by atoms with van der Waals surface area (Å²) in [7, 11) is 0. The van der Waals surface area contributed by atoms with Gasteiger partial charge in [0, 0.05) is 17.6 Å². The Labute approximate surface area is 107 Å². The zero-order chi connectivity index (χ0) is 12.1. The maximum atomic E-state index is 6.45. The summed E-state index contributed by atoms with van der Waals surface area (Å²) in [5.41, 5.74) is 8.77. The van der Waals surface area contributed by atoms with E-state index in [1.165, 1.54) is 30.2 Å². The van der Waals surface area contributed by atoms with E-state index in [0.29, 0.717) is 5.92 Å². The van der Waals surface area contributed by atoms with Crippen molar-refractivity contribution in [2.75, 3.05) is 0 Å². The smallest absolute Gasteiger partial charge is 0.0705 e. The van der Waals surface area contributed by atoms with E-state index in [1.54, 1.807) is 0 Å². The topological polar surface area (TPSA) is 38.9 Å². The maximum absolute atomic E-state index is 6.45. The van der Waals surface area contributed by atoms with Crippen molar-refractivity contribution in [3.63, 3.8) is 0 Å². The number of hydrogen-bond donors (Lipinski definition) is 1. The molecular weight excluding hydrogens is 220 g/mol. The zero-order valence-corrected chi connectivity index (χ0v) is 10.4. The van der Waals surface area contributed by atoms with E-state index in [1.807, 2.05) is 12.3 Å². The quantitative estimate of drug-likeness (QED) is 0.872. The molecule has 0 radical (unpaired) electrons. The van der Waals surface area contributed by atoms with E-state index < -0.39 is 0 Å². The van der Waals surface area contributed by atoms with Crippen LogP contribution in [0.2, 0.25) is 0 Å². The Morgan fingerprint density at radius 3 is 2.78 bits per heavy atom. The summed E-state index contributed by atoms with van der Waals surface area (Å²) in [6, 6.07) is 10.8. The summed E-state index contributed by atoms with van der Waals surface area (Å²) in [5.74, 6) is 2.69. The highest BCUT2D eigenvalue weighted by atomic mass is 14.7. The van der Waals surface area contributed by atoms with Crippen molar-refractivity contribution in [1.29, 1.82) is 0 Å². The van der Waals surface area contributed by atoms with Crippen LogP contribution in [-0.2, 0) is 0 Å². The molecule has 0 amide bonds. The minimum Gasteiger partial charge on any atom is -0.324 e. The highest BCUT2D eigenvalue weighted by Gasteiger charge is 2.47. The number of nitrogens with zero attached hydrogens (tertiary/aromatic N) is 1. The van der Waals surface area contributed by atoms with Crippen LogP contribution in [0.1, 0.15) is 30.9 Å². The minimum absolute atomic E-state index is 0.198. The molecule has 2 heteroatoms. The number of hydrogen-bond acceptors (Lipinski definition) is 2. The zero-order valence-electron chi connectivity index (χ0n) is 10.4. The summed E-state index contributed by atoms with van der Waals surface area (Å²) >= 11 is 0. The fraction of sp³-hybridized carbons (Fsp3) is 0.438. The fourth-order valence-corrected chi connectivity index (χ4v) is 3.62. The Bertz CT molecular complexity index is 582. The highest BCUT2D eigenvalue weighted by molar-refractivity contribution is 5.78. The SMILES string of the molecule is NC(c1ccc2cccnc2c1)C1CC2CC2C1. The number of rotatable bonds is 2. The van der Waals surface area contributed by atoms with Gasteiger partial charge in [-0.15, -0.1) is 0 Å². The Morgan fingerprint density at radius 2 is 1.94 bits per heavy atom. The molecule has 18 heavy (non-hydrogen) atoms. The molecule has 1 aromatic heterocycles. The predicted molar refractivity (Wildman–Crippen MR) is 73.0 cm³/mol. The average molecular weight is 238 g/mol. The third-order valence-corrected chi connectivity index (χ3v) is 4.80. The van der Waals surface area contributed by atoms with Crippen molar-refractivity contribution in [3.8, 4) is 0 Å². The molecule has 0 aliphatic heterocycles. The van der Waals surface area contributed by atoms with Crippen molar-refractivity contribution in [3.05, 3.63) is 42.1 Å². The monoisotopic (exact) mass is 238 g/mol. The molecule has 2 N–H and O–H groups in total. The van der Waals surface area contributed by atoms with Crippen LogP contribution in [0.15, 0.2) is 36.5 Å². The Morgan fingerprint density at radius 1 is 1.11 bits per heavy atom. The molecule has 2 aliphatic carbocycles. The van der Waals surface area contributed by atoms with Gasteiger partial charge in [0.15, 0.2) is 0 Å². The second-order valence-corrected chi connectivity index (χ2v) is 5.97. The van der Waals surface area contributed by atoms with Gasteiger partial charge in [0.1, 0.15) is 0 Å². The van der Waals surface area contributed by atoms with Crippen molar-refractivity contribution < 1.29 is 0 Å². The molecule has 3 atom stereocenters. The van der Waals surface area contributed by atoms with E-state index in [2.05, 4.69) is 29.2 Å². The summed E-state index contributed by atoms with van der Waals surface area (Å²) in [6.45, 7) is 0. The third-order valence-electron chi connectivity index (χ3n) is 4.80. The van der Waals surface area contributed by atoms with Crippen molar-refractivity contribution in [2.24, 2.45) is 23.5 Å². The molecule has 0 saturated heterocycles. The molecule has 2 aliphatic rings. The lowest BCUT2D eigenvalue weighted by molar-refractivity contribution is 0.404. The van der Waals surface area contributed by atoms with Crippen LogP contribution >= 0.6 is 0 Å². The standard InChI is InChI=1S/C16H18N2/c17-16(14-7-12-6-13(12)8-14)11-4-3-10-2-1-5-18-15(10)9-11/h1-5,9,12-14,16H,6-8,17H2. The van der Waals surface area contributed by atoms with Crippen molar-refractivity contribution in [1.82, 2.24) is 4.98 Å². The summed E-state index contributed by atoms with van der Waals surface area (Å²) in [5, 5.41) is 1.20.